The first-order valence-corrected chi connectivity index (χ1v) is 5.97. The van der Waals surface area contributed by atoms with E-state index < -0.39 is 0 Å². The molecule has 2 aromatic heterocycles. The highest BCUT2D eigenvalue weighted by molar-refractivity contribution is 6.29. The molecular formula is C12H14ClN3. The Balaban J connectivity index is 2.16. The Labute approximate surface area is 99.4 Å². The van der Waals surface area contributed by atoms with Gasteiger partial charge in [0.15, 0.2) is 5.65 Å². The van der Waals surface area contributed by atoms with Crippen LogP contribution < -0.4 is 0 Å². The van der Waals surface area contributed by atoms with Gasteiger partial charge < -0.3 is 0 Å². The molecule has 1 aliphatic rings. The molecule has 84 valence electrons. The van der Waals surface area contributed by atoms with E-state index in [1.165, 1.54) is 12.8 Å². The van der Waals surface area contributed by atoms with E-state index >= 15 is 0 Å². The molecule has 1 saturated carbocycles. The van der Waals surface area contributed by atoms with Crippen LogP contribution in [0.2, 0.25) is 5.15 Å². The van der Waals surface area contributed by atoms with Crippen LogP contribution in [0.1, 0.15) is 32.4 Å². The van der Waals surface area contributed by atoms with Crippen molar-refractivity contribution in [1.82, 2.24) is 14.6 Å². The predicted molar refractivity (Wildman–Crippen MR) is 63.7 cm³/mol. The van der Waals surface area contributed by atoms with Crippen molar-refractivity contribution >= 4 is 17.2 Å². The lowest BCUT2D eigenvalue weighted by Crippen LogP contribution is -2.22. The molecule has 1 aliphatic carbocycles. The summed E-state index contributed by atoms with van der Waals surface area (Å²) in [6.07, 6.45) is 4.33. The summed E-state index contributed by atoms with van der Waals surface area (Å²) in [5.41, 5.74) is 2.03. The third-order valence-electron chi connectivity index (χ3n) is 3.57. The molecule has 1 fully saturated rings. The molecule has 0 aromatic carbocycles. The normalized spacial score (nSPS) is 16.9. The molecule has 0 saturated heterocycles. The summed E-state index contributed by atoms with van der Waals surface area (Å²) in [4.78, 5) is 4.65. The lowest BCUT2D eigenvalue weighted by atomic mass is 9.83. The second kappa shape index (κ2) is 3.20. The topological polar surface area (TPSA) is 30.2 Å². The van der Waals surface area contributed by atoms with Crippen molar-refractivity contribution in [1.29, 1.82) is 0 Å². The molecule has 2 heterocycles. The second-order valence-corrected chi connectivity index (χ2v) is 5.45. The third kappa shape index (κ3) is 1.42. The van der Waals surface area contributed by atoms with Gasteiger partial charge in [0, 0.05) is 11.5 Å². The Morgan fingerprint density at radius 3 is 2.88 bits per heavy atom. The summed E-state index contributed by atoms with van der Waals surface area (Å²) in [6.45, 7) is 4.49. The van der Waals surface area contributed by atoms with Crippen molar-refractivity contribution in [3.63, 3.8) is 0 Å². The smallest absolute Gasteiger partial charge is 0.156 e. The predicted octanol–water partition coefficient (Wildman–Crippen LogP) is 3.07. The highest BCUT2D eigenvalue weighted by Gasteiger charge is 2.40. The standard InChI is InChI=1S/C12H14ClN3/c1-12(2,8-3-4-8)9-7-10(13)16-11(15-9)5-6-14-16/h5-8H,3-4H2,1-2H3. The summed E-state index contributed by atoms with van der Waals surface area (Å²) < 4.78 is 1.66. The fourth-order valence-corrected chi connectivity index (χ4v) is 2.45. The fraction of sp³-hybridized carbons (Fsp3) is 0.500. The Kier molecular flexibility index (Phi) is 2.02. The molecule has 16 heavy (non-hydrogen) atoms. The van der Waals surface area contributed by atoms with Crippen molar-refractivity contribution < 1.29 is 0 Å². The maximum Gasteiger partial charge on any atom is 0.156 e. The Morgan fingerprint density at radius 2 is 2.19 bits per heavy atom. The summed E-state index contributed by atoms with van der Waals surface area (Å²) in [6, 6.07) is 3.83. The third-order valence-corrected chi connectivity index (χ3v) is 3.84. The van der Waals surface area contributed by atoms with Gasteiger partial charge in [-0.3, -0.25) is 0 Å². The first kappa shape index (κ1) is 10.1. The molecule has 0 amide bonds. The highest BCUT2D eigenvalue weighted by atomic mass is 35.5. The number of hydrogen-bond acceptors (Lipinski definition) is 2. The fourth-order valence-electron chi connectivity index (χ4n) is 2.22. The maximum atomic E-state index is 6.20. The van der Waals surface area contributed by atoms with Gasteiger partial charge in [0.25, 0.3) is 0 Å². The van der Waals surface area contributed by atoms with Crippen LogP contribution in [0.4, 0.5) is 0 Å². The van der Waals surface area contributed by atoms with Crippen molar-refractivity contribution in [3.05, 3.63) is 29.2 Å². The van der Waals surface area contributed by atoms with E-state index in [0.717, 1.165) is 17.3 Å². The number of aromatic nitrogens is 3. The monoisotopic (exact) mass is 235 g/mol. The molecule has 3 nitrogen and oxygen atoms in total. The van der Waals surface area contributed by atoms with Crippen LogP contribution in [0.25, 0.3) is 5.65 Å². The Hall–Kier alpha value is -1.09. The lowest BCUT2D eigenvalue weighted by molar-refractivity contribution is 0.441. The van der Waals surface area contributed by atoms with Gasteiger partial charge in [0.05, 0.1) is 11.9 Å². The first-order valence-electron chi connectivity index (χ1n) is 5.60. The number of fused-ring (bicyclic) bond motifs is 1. The van der Waals surface area contributed by atoms with Crippen molar-refractivity contribution in [3.8, 4) is 0 Å². The molecular weight excluding hydrogens is 222 g/mol. The van der Waals surface area contributed by atoms with E-state index in [9.17, 15) is 0 Å². The zero-order chi connectivity index (χ0) is 11.3. The molecule has 3 rings (SSSR count). The van der Waals surface area contributed by atoms with Crippen LogP contribution in [-0.4, -0.2) is 14.6 Å². The number of halogens is 1. The van der Waals surface area contributed by atoms with Crippen molar-refractivity contribution in [2.24, 2.45) is 5.92 Å². The van der Waals surface area contributed by atoms with Gasteiger partial charge in [-0.15, -0.1) is 0 Å². The number of nitrogens with zero attached hydrogens (tertiary/aromatic N) is 3. The average molecular weight is 236 g/mol. The Morgan fingerprint density at radius 1 is 1.44 bits per heavy atom. The lowest BCUT2D eigenvalue weighted by Gasteiger charge is -2.23. The first-order chi connectivity index (χ1) is 7.59. The minimum absolute atomic E-state index is 0.121. The van der Waals surface area contributed by atoms with Crippen molar-refractivity contribution in [2.45, 2.75) is 32.1 Å². The van der Waals surface area contributed by atoms with Crippen LogP contribution in [-0.2, 0) is 5.41 Å². The second-order valence-electron chi connectivity index (χ2n) is 5.06. The molecule has 0 N–H and O–H groups in total. The zero-order valence-corrected chi connectivity index (χ0v) is 10.2. The highest BCUT2D eigenvalue weighted by Crippen LogP contribution is 2.46. The molecule has 0 radical (unpaired) electrons. The molecule has 0 atom stereocenters. The van der Waals surface area contributed by atoms with Crippen molar-refractivity contribution in [2.75, 3.05) is 0 Å². The average Bonchev–Trinajstić information content (AvgIpc) is 2.98. The minimum Gasteiger partial charge on any atom is -0.233 e. The summed E-state index contributed by atoms with van der Waals surface area (Å²) in [5.74, 6) is 0.751. The molecule has 0 spiro atoms. The quantitative estimate of drug-likeness (QED) is 0.749. The van der Waals surface area contributed by atoms with Crippen LogP contribution >= 0.6 is 11.6 Å². The maximum absolute atomic E-state index is 6.20. The summed E-state index contributed by atoms with van der Waals surface area (Å²) in [5, 5.41) is 4.76. The van der Waals surface area contributed by atoms with Crippen LogP contribution in [0.15, 0.2) is 18.3 Å². The molecule has 0 aliphatic heterocycles. The minimum atomic E-state index is 0.121. The number of rotatable bonds is 2. The summed E-state index contributed by atoms with van der Waals surface area (Å²) in [7, 11) is 0. The molecule has 2 aromatic rings. The van der Waals surface area contributed by atoms with Gasteiger partial charge in [0.2, 0.25) is 0 Å². The van der Waals surface area contributed by atoms with Crippen LogP contribution in [0.3, 0.4) is 0 Å². The van der Waals surface area contributed by atoms with Gasteiger partial charge >= 0.3 is 0 Å². The van der Waals surface area contributed by atoms with Crippen LogP contribution in [0.5, 0.6) is 0 Å². The van der Waals surface area contributed by atoms with Gasteiger partial charge in [-0.05, 0) is 24.8 Å². The SMILES string of the molecule is CC(C)(c1cc(Cl)n2nccc2n1)C1CC1. The summed E-state index contributed by atoms with van der Waals surface area (Å²) >= 11 is 6.20. The largest absolute Gasteiger partial charge is 0.233 e. The Bertz CT molecular complexity index is 540. The van der Waals surface area contributed by atoms with Gasteiger partial charge in [-0.25, -0.2) is 9.50 Å². The molecule has 0 unspecified atom stereocenters. The van der Waals surface area contributed by atoms with E-state index in [1.807, 2.05) is 12.1 Å². The zero-order valence-electron chi connectivity index (χ0n) is 9.44. The van der Waals surface area contributed by atoms with E-state index in [-0.39, 0.29) is 5.41 Å². The van der Waals surface area contributed by atoms with E-state index in [4.69, 9.17) is 11.6 Å². The van der Waals surface area contributed by atoms with E-state index in [1.54, 1.807) is 10.7 Å². The van der Waals surface area contributed by atoms with E-state index in [0.29, 0.717) is 5.15 Å². The van der Waals surface area contributed by atoms with Crippen LogP contribution in [0, 0.1) is 5.92 Å². The van der Waals surface area contributed by atoms with Gasteiger partial charge in [0.1, 0.15) is 5.15 Å². The van der Waals surface area contributed by atoms with E-state index in [2.05, 4.69) is 23.9 Å². The molecule has 4 heteroatoms. The molecule has 0 bridgehead atoms. The number of hydrogen-bond donors (Lipinski definition) is 0. The van der Waals surface area contributed by atoms with Gasteiger partial charge in [-0.2, -0.15) is 5.10 Å². The van der Waals surface area contributed by atoms with Gasteiger partial charge in [-0.1, -0.05) is 25.4 Å².